The first-order chi connectivity index (χ1) is 9.08. The molecule has 0 radical (unpaired) electrons. The highest BCUT2D eigenvalue weighted by Crippen LogP contribution is 2.12. The molecule has 4 heteroatoms. The van der Waals surface area contributed by atoms with E-state index in [1.54, 1.807) is 24.3 Å². The van der Waals surface area contributed by atoms with Crippen molar-refractivity contribution < 1.29 is 9.90 Å². The van der Waals surface area contributed by atoms with E-state index >= 15 is 0 Å². The van der Waals surface area contributed by atoms with Crippen LogP contribution in [0.5, 0.6) is 5.75 Å². The predicted molar refractivity (Wildman–Crippen MR) is 74.1 cm³/mol. The van der Waals surface area contributed by atoms with Crippen LogP contribution in [-0.4, -0.2) is 15.6 Å². The second-order valence-corrected chi connectivity index (χ2v) is 4.74. The Morgan fingerprint density at radius 3 is 2.58 bits per heavy atom. The van der Waals surface area contributed by atoms with Crippen molar-refractivity contribution in [3.05, 3.63) is 53.9 Å². The molecule has 0 fully saturated rings. The van der Waals surface area contributed by atoms with E-state index in [9.17, 15) is 9.90 Å². The predicted octanol–water partition coefficient (Wildman–Crippen LogP) is 2.70. The SMILES string of the molecule is CC(C)n1cccc1C(=O)NCc1ccc(O)cc1. The number of amides is 1. The maximum atomic E-state index is 12.1. The summed E-state index contributed by atoms with van der Waals surface area (Å²) >= 11 is 0. The van der Waals surface area contributed by atoms with E-state index in [0.717, 1.165) is 5.56 Å². The number of hydrogen-bond acceptors (Lipinski definition) is 2. The first-order valence-electron chi connectivity index (χ1n) is 6.31. The molecular formula is C15H18N2O2. The fourth-order valence-corrected chi connectivity index (χ4v) is 1.92. The normalized spacial score (nSPS) is 10.7. The molecule has 1 heterocycles. The first-order valence-corrected chi connectivity index (χ1v) is 6.31. The summed E-state index contributed by atoms with van der Waals surface area (Å²) in [6, 6.07) is 10.7. The average molecular weight is 258 g/mol. The molecule has 0 saturated heterocycles. The molecule has 0 atom stereocenters. The fourth-order valence-electron chi connectivity index (χ4n) is 1.92. The number of carbonyl (C=O) groups is 1. The maximum Gasteiger partial charge on any atom is 0.268 e. The lowest BCUT2D eigenvalue weighted by molar-refractivity contribution is 0.0940. The molecule has 0 aliphatic carbocycles. The van der Waals surface area contributed by atoms with Gasteiger partial charge in [-0.1, -0.05) is 12.1 Å². The minimum absolute atomic E-state index is 0.0909. The smallest absolute Gasteiger partial charge is 0.268 e. The van der Waals surface area contributed by atoms with Gasteiger partial charge in [-0.2, -0.15) is 0 Å². The Hall–Kier alpha value is -2.23. The molecule has 0 aliphatic heterocycles. The molecule has 2 rings (SSSR count). The number of phenols is 1. The highest BCUT2D eigenvalue weighted by atomic mass is 16.3. The average Bonchev–Trinajstić information content (AvgIpc) is 2.87. The zero-order chi connectivity index (χ0) is 13.8. The number of carbonyl (C=O) groups excluding carboxylic acids is 1. The number of aromatic nitrogens is 1. The molecule has 4 nitrogen and oxygen atoms in total. The van der Waals surface area contributed by atoms with Crippen molar-refractivity contribution in [1.29, 1.82) is 0 Å². The van der Waals surface area contributed by atoms with Gasteiger partial charge in [0.05, 0.1) is 0 Å². The number of rotatable bonds is 4. The van der Waals surface area contributed by atoms with Crippen molar-refractivity contribution in [3.63, 3.8) is 0 Å². The quantitative estimate of drug-likeness (QED) is 0.886. The lowest BCUT2D eigenvalue weighted by Gasteiger charge is -2.12. The largest absolute Gasteiger partial charge is 0.508 e. The van der Waals surface area contributed by atoms with Crippen LogP contribution in [0.15, 0.2) is 42.6 Å². The molecule has 0 spiro atoms. The standard InChI is InChI=1S/C15H18N2O2/c1-11(2)17-9-3-4-14(17)15(19)16-10-12-5-7-13(18)8-6-12/h3-9,11,18H,10H2,1-2H3,(H,16,19). The van der Waals surface area contributed by atoms with Crippen LogP contribution in [0.25, 0.3) is 0 Å². The van der Waals surface area contributed by atoms with Gasteiger partial charge < -0.3 is 15.0 Å². The highest BCUT2D eigenvalue weighted by molar-refractivity contribution is 5.92. The minimum Gasteiger partial charge on any atom is -0.508 e. The number of aromatic hydroxyl groups is 1. The van der Waals surface area contributed by atoms with E-state index < -0.39 is 0 Å². The molecule has 0 bridgehead atoms. The van der Waals surface area contributed by atoms with Crippen molar-refractivity contribution in [2.75, 3.05) is 0 Å². The van der Waals surface area contributed by atoms with E-state index in [-0.39, 0.29) is 17.7 Å². The third kappa shape index (κ3) is 3.16. The molecule has 19 heavy (non-hydrogen) atoms. The summed E-state index contributed by atoms with van der Waals surface area (Å²) in [4.78, 5) is 12.1. The number of benzene rings is 1. The van der Waals surface area contributed by atoms with Gasteiger partial charge in [0.1, 0.15) is 11.4 Å². The molecule has 2 aromatic rings. The minimum atomic E-state index is -0.0909. The molecule has 1 amide bonds. The summed E-state index contributed by atoms with van der Waals surface area (Å²) in [5, 5.41) is 12.1. The van der Waals surface area contributed by atoms with Gasteiger partial charge in [0, 0.05) is 18.8 Å². The Balaban J connectivity index is 2.01. The fraction of sp³-hybridized carbons (Fsp3) is 0.267. The van der Waals surface area contributed by atoms with Crippen molar-refractivity contribution >= 4 is 5.91 Å². The van der Waals surface area contributed by atoms with Crippen LogP contribution in [0.3, 0.4) is 0 Å². The maximum absolute atomic E-state index is 12.1. The molecule has 100 valence electrons. The second kappa shape index (κ2) is 5.61. The van der Waals surface area contributed by atoms with Gasteiger partial charge in [-0.15, -0.1) is 0 Å². The summed E-state index contributed by atoms with van der Waals surface area (Å²) in [5.41, 5.74) is 1.61. The number of phenolic OH excluding ortho intramolecular Hbond substituents is 1. The van der Waals surface area contributed by atoms with Gasteiger partial charge in [-0.25, -0.2) is 0 Å². The topological polar surface area (TPSA) is 54.3 Å². The van der Waals surface area contributed by atoms with Crippen molar-refractivity contribution in [2.24, 2.45) is 0 Å². The van der Waals surface area contributed by atoms with E-state index in [2.05, 4.69) is 5.32 Å². The van der Waals surface area contributed by atoms with E-state index in [1.807, 2.05) is 36.7 Å². The third-order valence-corrected chi connectivity index (χ3v) is 2.96. The Morgan fingerprint density at radius 2 is 1.95 bits per heavy atom. The van der Waals surface area contributed by atoms with Crippen LogP contribution in [0.2, 0.25) is 0 Å². The van der Waals surface area contributed by atoms with Gasteiger partial charge in [0.15, 0.2) is 0 Å². The monoisotopic (exact) mass is 258 g/mol. The van der Waals surface area contributed by atoms with Gasteiger partial charge in [-0.05, 0) is 43.7 Å². The van der Waals surface area contributed by atoms with Crippen molar-refractivity contribution in [1.82, 2.24) is 9.88 Å². The summed E-state index contributed by atoms with van der Waals surface area (Å²) < 4.78 is 1.94. The van der Waals surface area contributed by atoms with Crippen LogP contribution >= 0.6 is 0 Å². The van der Waals surface area contributed by atoms with E-state index in [0.29, 0.717) is 12.2 Å². The lowest BCUT2D eigenvalue weighted by Crippen LogP contribution is -2.25. The van der Waals surface area contributed by atoms with Crippen LogP contribution in [0.1, 0.15) is 35.9 Å². The number of nitrogens with zero attached hydrogens (tertiary/aromatic N) is 1. The zero-order valence-electron chi connectivity index (χ0n) is 11.1. The van der Waals surface area contributed by atoms with E-state index in [4.69, 9.17) is 0 Å². The van der Waals surface area contributed by atoms with Crippen LogP contribution in [0, 0.1) is 0 Å². The van der Waals surface area contributed by atoms with Gasteiger partial charge in [0.25, 0.3) is 5.91 Å². The van der Waals surface area contributed by atoms with Crippen LogP contribution in [-0.2, 0) is 6.54 Å². The summed E-state index contributed by atoms with van der Waals surface area (Å²) in [5.74, 6) is 0.135. The molecule has 1 aromatic carbocycles. The number of nitrogens with one attached hydrogen (secondary N) is 1. The third-order valence-electron chi connectivity index (χ3n) is 2.96. The Morgan fingerprint density at radius 1 is 1.26 bits per heavy atom. The molecule has 0 unspecified atom stereocenters. The Kier molecular flexibility index (Phi) is 3.90. The van der Waals surface area contributed by atoms with E-state index in [1.165, 1.54) is 0 Å². The molecular weight excluding hydrogens is 240 g/mol. The highest BCUT2D eigenvalue weighted by Gasteiger charge is 2.11. The Bertz CT molecular complexity index is 556. The summed E-state index contributed by atoms with van der Waals surface area (Å²) in [7, 11) is 0. The summed E-state index contributed by atoms with van der Waals surface area (Å²) in [6.45, 7) is 4.52. The zero-order valence-corrected chi connectivity index (χ0v) is 11.1. The molecule has 0 saturated carbocycles. The number of hydrogen-bond donors (Lipinski definition) is 2. The van der Waals surface area contributed by atoms with Gasteiger partial charge >= 0.3 is 0 Å². The second-order valence-electron chi connectivity index (χ2n) is 4.74. The lowest BCUT2D eigenvalue weighted by atomic mass is 10.2. The first kappa shape index (κ1) is 13.2. The molecule has 0 aliphatic rings. The summed E-state index contributed by atoms with van der Waals surface area (Å²) in [6.07, 6.45) is 1.90. The van der Waals surface area contributed by atoms with Gasteiger partial charge in [-0.3, -0.25) is 4.79 Å². The van der Waals surface area contributed by atoms with Gasteiger partial charge in [0.2, 0.25) is 0 Å². The molecule has 2 N–H and O–H groups in total. The van der Waals surface area contributed by atoms with Crippen molar-refractivity contribution in [2.45, 2.75) is 26.4 Å². The molecule has 1 aromatic heterocycles. The van der Waals surface area contributed by atoms with Crippen molar-refractivity contribution in [3.8, 4) is 5.75 Å². The van der Waals surface area contributed by atoms with Crippen LogP contribution in [0.4, 0.5) is 0 Å². The van der Waals surface area contributed by atoms with Crippen LogP contribution < -0.4 is 5.32 Å². The Labute approximate surface area is 112 Å².